The monoisotopic (exact) mass is 547 g/mol. The minimum absolute atomic E-state index is 0.345. The Hall–Kier alpha value is -4.75. The van der Waals surface area contributed by atoms with Crippen LogP contribution in [0.15, 0.2) is 90.1 Å². The van der Waals surface area contributed by atoms with Crippen LogP contribution in [0.4, 0.5) is 0 Å². The van der Waals surface area contributed by atoms with E-state index in [2.05, 4.69) is 52.3 Å². The highest BCUT2D eigenvalue weighted by Crippen LogP contribution is 2.46. The third-order valence-electron chi connectivity index (χ3n) is 7.31. The van der Waals surface area contributed by atoms with E-state index in [0.717, 1.165) is 56.9 Å². The minimum Gasteiger partial charge on any atom is -0.493 e. The van der Waals surface area contributed by atoms with Gasteiger partial charge in [0.05, 0.1) is 19.9 Å². The van der Waals surface area contributed by atoms with Gasteiger partial charge in [-0.25, -0.2) is 0 Å². The maximum absolute atomic E-state index is 6.05. The van der Waals surface area contributed by atoms with Crippen LogP contribution in [0.3, 0.4) is 0 Å². The van der Waals surface area contributed by atoms with Crippen LogP contribution in [0, 0.1) is 0 Å². The Labute approximate surface area is 239 Å². The molecule has 4 aromatic carbocycles. The molecule has 0 spiro atoms. The number of H-pyrrole nitrogens is 1. The quantitative estimate of drug-likeness (QED) is 0.192. The van der Waals surface area contributed by atoms with Crippen molar-refractivity contribution >= 4 is 16.6 Å². The standard InChI is InChI=1S/C34H33N3O4/c1-37(2)16-17-40-25-14-15-29-28(18-25)32-33(35-29)26-19-30(38-3)31(39-4)20-27(26)34(32)36-41-21-22-10-12-24(13-11-22)23-8-6-5-7-9-23/h5-15,18-20,35H,16-17,21H2,1-4H3/b36-34-. The van der Waals surface area contributed by atoms with Gasteiger partial charge in [0.1, 0.15) is 24.7 Å². The Morgan fingerprint density at radius 3 is 2.20 bits per heavy atom. The number of rotatable bonds is 10. The predicted octanol–water partition coefficient (Wildman–Crippen LogP) is 6.74. The van der Waals surface area contributed by atoms with Crippen LogP contribution in [-0.2, 0) is 11.4 Å². The molecular weight excluding hydrogens is 514 g/mol. The van der Waals surface area contributed by atoms with Crippen molar-refractivity contribution in [2.24, 2.45) is 5.16 Å². The van der Waals surface area contributed by atoms with Crippen LogP contribution in [-0.4, -0.2) is 57.1 Å². The van der Waals surface area contributed by atoms with Gasteiger partial charge in [-0.05, 0) is 61.1 Å². The van der Waals surface area contributed by atoms with Gasteiger partial charge in [0.15, 0.2) is 11.5 Å². The Morgan fingerprint density at radius 1 is 0.780 bits per heavy atom. The molecule has 1 heterocycles. The first kappa shape index (κ1) is 26.5. The summed E-state index contributed by atoms with van der Waals surface area (Å²) in [4.78, 5) is 11.7. The molecule has 0 atom stereocenters. The summed E-state index contributed by atoms with van der Waals surface area (Å²) < 4.78 is 17.3. The van der Waals surface area contributed by atoms with E-state index in [1.165, 1.54) is 11.1 Å². The molecule has 0 aliphatic heterocycles. The van der Waals surface area contributed by atoms with Crippen molar-refractivity contribution in [1.29, 1.82) is 0 Å². The number of ether oxygens (including phenoxy) is 3. The zero-order valence-corrected chi connectivity index (χ0v) is 23.7. The molecule has 0 saturated heterocycles. The van der Waals surface area contributed by atoms with E-state index in [9.17, 15) is 0 Å². The van der Waals surface area contributed by atoms with Crippen molar-refractivity contribution < 1.29 is 19.0 Å². The lowest BCUT2D eigenvalue weighted by Crippen LogP contribution is -2.19. The largest absolute Gasteiger partial charge is 0.493 e. The highest BCUT2D eigenvalue weighted by atomic mass is 16.6. The number of hydrogen-bond acceptors (Lipinski definition) is 6. The highest BCUT2D eigenvalue weighted by molar-refractivity contribution is 6.30. The third-order valence-corrected chi connectivity index (χ3v) is 7.31. The Kier molecular flexibility index (Phi) is 7.35. The number of oxime groups is 1. The van der Waals surface area contributed by atoms with Gasteiger partial charge in [0.25, 0.3) is 0 Å². The second-order valence-electron chi connectivity index (χ2n) is 10.3. The third kappa shape index (κ3) is 5.24. The summed E-state index contributed by atoms with van der Waals surface area (Å²) in [5.41, 5.74) is 8.98. The topological polar surface area (TPSA) is 68.3 Å². The molecule has 0 unspecified atom stereocenters. The summed E-state index contributed by atoms with van der Waals surface area (Å²) in [6, 6.07) is 28.8. The van der Waals surface area contributed by atoms with Gasteiger partial charge in [0.2, 0.25) is 0 Å². The SMILES string of the molecule is COc1cc2c(cc1OC)-c1[nH]c3ccc(OCCN(C)C)cc3c1/C2=N\OCc1ccc(-c2ccccc2)cc1. The number of benzene rings is 4. The Morgan fingerprint density at radius 2 is 1.49 bits per heavy atom. The lowest BCUT2D eigenvalue weighted by molar-refractivity contribution is 0.131. The van der Waals surface area contributed by atoms with E-state index in [1.807, 2.05) is 56.6 Å². The summed E-state index contributed by atoms with van der Waals surface area (Å²) >= 11 is 0. The zero-order chi connectivity index (χ0) is 28.3. The van der Waals surface area contributed by atoms with E-state index in [4.69, 9.17) is 24.2 Å². The van der Waals surface area contributed by atoms with E-state index < -0.39 is 0 Å². The average Bonchev–Trinajstić information content (AvgIpc) is 3.51. The van der Waals surface area contributed by atoms with Crippen LogP contribution in [0.5, 0.6) is 17.2 Å². The molecule has 7 nitrogen and oxygen atoms in total. The van der Waals surface area contributed by atoms with Gasteiger partial charge in [-0.3, -0.25) is 0 Å². The van der Waals surface area contributed by atoms with Crippen molar-refractivity contribution in [3.63, 3.8) is 0 Å². The summed E-state index contributed by atoms with van der Waals surface area (Å²) in [6.45, 7) is 1.78. The van der Waals surface area contributed by atoms with Crippen molar-refractivity contribution in [2.75, 3.05) is 41.5 Å². The average molecular weight is 548 g/mol. The van der Waals surface area contributed by atoms with Gasteiger partial charge in [-0.1, -0.05) is 59.8 Å². The van der Waals surface area contributed by atoms with Crippen LogP contribution in [0.2, 0.25) is 0 Å². The number of aromatic nitrogens is 1. The molecule has 0 amide bonds. The van der Waals surface area contributed by atoms with Gasteiger partial charge >= 0.3 is 0 Å². The summed E-state index contributed by atoms with van der Waals surface area (Å²) in [5.74, 6) is 2.10. The van der Waals surface area contributed by atoms with Gasteiger partial charge in [0, 0.05) is 34.1 Å². The molecule has 0 radical (unpaired) electrons. The molecule has 7 heteroatoms. The maximum Gasteiger partial charge on any atom is 0.161 e. The van der Waals surface area contributed by atoms with E-state index in [-0.39, 0.29) is 0 Å². The molecule has 1 aliphatic carbocycles. The first-order chi connectivity index (χ1) is 20.1. The molecule has 1 aromatic heterocycles. The predicted molar refractivity (Wildman–Crippen MR) is 163 cm³/mol. The molecule has 0 bridgehead atoms. The van der Waals surface area contributed by atoms with Crippen molar-refractivity contribution in [3.05, 3.63) is 102 Å². The lowest BCUT2D eigenvalue weighted by atomic mass is 10.0. The molecule has 208 valence electrons. The normalized spacial score (nSPS) is 13.0. The van der Waals surface area contributed by atoms with Crippen LogP contribution < -0.4 is 14.2 Å². The summed E-state index contributed by atoms with van der Waals surface area (Å²) in [6.07, 6.45) is 0. The van der Waals surface area contributed by atoms with Crippen molar-refractivity contribution in [1.82, 2.24) is 9.88 Å². The van der Waals surface area contributed by atoms with Crippen molar-refractivity contribution in [3.8, 4) is 39.6 Å². The molecular formula is C34H33N3O4. The first-order valence-electron chi connectivity index (χ1n) is 13.6. The van der Waals surface area contributed by atoms with Gasteiger partial charge in [-0.15, -0.1) is 0 Å². The highest BCUT2D eigenvalue weighted by Gasteiger charge is 2.32. The number of nitrogens with zero attached hydrogens (tertiary/aromatic N) is 2. The van der Waals surface area contributed by atoms with Crippen LogP contribution in [0.25, 0.3) is 33.3 Å². The number of aromatic amines is 1. The molecule has 0 saturated carbocycles. The number of fused-ring (bicyclic) bond motifs is 5. The van der Waals surface area contributed by atoms with Gasteiger partial charge < -0.3 is 28.9 Å². The summed E-state index contributed by atoms with van der Waals surface area (Å²) in [5, 5.41) is 5.72. The number of methoxy groups -OCH3 is 2. The fourth-order valence-corrected chi connectivity index (χ4v) is 5.16. The fourth-order valence-electron chi connectivity index (χ4n) is 5.16. The van der Waals surface area contributed by atoms with Crippen molar-refractivity contribution in [2.45, 2.75) is 6.61 Å². The second-order valence-corrected chi connectivity index (χ2v) is 10.3. The van der Waals surface area contributed by atoms with E-state index in [1.54, 1.807) is 14.2 Å². The lowest BCUT2D eigenvalue weighted by Gasteiger charge is -2.12. The Bertz CT molecular complexity index is 1710. The summed E-state index contributed by atoms with van der Waals surface area (Å²) in [7, 11) is 7.35. The Balaban J connectivity index is 1.34. The minimum atomic E-state index is 0.345. The van der Waals surface area contributed by atoms with Gasteiger partial charge in [-0.2, -0.15) is 0 Å². The van der Waals surface area contributed by atoms with E-state index in [0.29, 0.717) is 24.7 Å². The molecule has 5 aromatic rings. The smallest absolute Gasteiger partial charge is 0.161 e. The molecule has 41 heavy (non-hydrogen) atoms. The molecule has 1 aliphatic rings. The van der Waals surface area contributed by atoms with E-state index >= 15 is 0 Å². The molecule has 6 rings (SSSR count). The zero-order valence-electron chi connectivity index (χ0n) is 23.7. The molecule has 0 fully saturated rings. The first-order valence-corrected chi connectivity index (χ1v) is 13.6. The van der Waals surface area contributed by atoms with Crippen LogP contribution >= 0.6 is 0 Å². The molecule has 1 N–H and O–H groups in total. The second kappa shape index (κ2) is 11.4. The number of likely N-dealkylation sites (N-methyl/N-ethyl adjacent to an activating group) is 1. The number of nitrogens with one attached hydrogen (secondary N) is 1. The maximum atomic E-state index is 6.05. The fraction of sp³-hybridized carbons (Fsp3) is 0.206. The van der Waals surface area contributed by atoms with Crippen LogP contribution in [0.1, 0.15) is 16.7 Å². The number of hydrogen-bond donors (Lipinski definition) is 1.